The summed E-state index contributed by atoms with van der Waals surface area (Å²) in [6.07, 6.45) is 2.95. The van der Waals surface area contributed by atoms with E-state index in [0.29, 0.717) is 10.8 Å². The smallest absolute Gasteiger partial charge is 0.379 e. The monoisotopic (exact) mass is 312 g/mol. The Morgan fingerprint density at radius 2 is 2.05 bits per heavy atom. The van der Waals surface area contributed by atoms with Gasteiger partial charge in [0.05, 0.1) is 25.4 Å². The summed E-state index contributed by atoms with van der Waals surface area (Å²) in [5.41, 5.74) is 0.0738. The quantitative estimate of drug-likeness (QED) is 0.459. The van der Waals surface area contributed by atoms with Crippen LogP contribution in [0.3, 0.4) is 0 Å². The highest BCUT2D eigenvalue weighted by atomic mass is 35.5. The summed E-state index contributed by atoms with van der Waals surface area (Å²) in [4.78, 5) is 23.9. The van der Waals surface area contributed by atoms with Gasteiger partial charge in [0, 0.05) is 11.1 Å². The van der Waals surface area contributed by atoms with Gasteiger partial charge in [-0.25, -0.2) is 4.79 Å². The summed E-state index contributed by atoms with van der Waals surface area (Å²) < 4.78 is 15.8. The van der Waals surface area contributed by atoms with E-state index in [1.807, 2.05) is 0 Å². The Kier molecular flexibility index (Phi) is 5.07. The number of halogens is 1. The van der Waals surface area contributed by atoms with Crippen LogP contribution < -0.4 is 9.47 Å². The molecule has 1 aliphatic carbocycles. The zero-order valence-electron chi connectivity index (χ0n) is 12.0. The summed E-state index contributed by atoms with van der Waals surface area (Å²) in [5, 5.41) is 0.292. The van der Waals surface area contributed by atoms with E-state index >= 15 is 0 Å². The molecular weight excluding hydrogens is 296 g/mol. The van der Waals surface area contributed by atoms with Crippen molar-refractivity contribution < 1.29 is 23.8 Å². The molecule has 0 aromatic heterocycles. The normalized spacial score (nSPS) is 14.2. The van der Waals surface area contributed by atoms with E-state index in [1.54, 1.807) is 13.0 Å². The van der Waals surface area contributed by atoms with Crippen molar-refractivity contribution >= 4 is 23.4 Å². The predicted octanol–water partition coefficient (Wildman–Crippen LogP) is 3.03. The van der Waals surface area contributed by atoms with Gasteiger partial charge >= 0.3 is 5.97 Å². The highest BCUT2D eigenvalue weighted by Gasteiger charge is 2.28. The highest BCUT2D eigenvalue weighted by molar-refractivity contribution is 6.42. The minimum absolute atomic E-state index is 0.0359. The molecule has 0 atom stereocenters. The largest absolute Gasteiger partial charge is 0.493 e. The van der Waals surface area contributed by atoms with Gasteiger partial charge in [0.1, 0.15) is 0 Å². The van der Waals surface area contributed by atoms with Crippen LogP contribution in [-0.2, 0) is 9.53 Å². The van der Waals surface area contributed by atoms with Crippen LogP contribution >= 0.6 is 11.6 Å². The Balaban J connectivity index is 2.38. The van der Waals surface area contributed by atoms with Gasteiger partial charge in [-0.2, -0.15) is 0 Å². The van der Waals surface area contributed by atoms with Crippen LogP contribution in [0.5, 0.6) is 11.5 Å². The maximum Gasteiger partial charge on any atom is 0.379 e. The maximum absolute atomic E-state index is 12.2. The van der Waals surface area contributed by atoms with Gasteiger partial charge in [-0.15, -0.1) is 0 Å². The molecule has 0 amide bonds. The molecule has 5 nitrogen and oxygen atoms in total. The third-order valence-electron chi connectivity index (χ3n) is 3.28. The summed E-state index contributed by atoms with van der Waals surface area (Å²) >= 11 is 5.97. The van der Waals surface area contributed by atoms with Crippen molar-refractivity contribution in [2.24, 2.45) is 0 Å². The number of ether oxygens (including phenoxy) is 3. The molecule has 6 heteroatoms. The first-order chi connectivity index (χ1) is 10.1. The second kappa shape index (κ2) is 6.80. The Morgan fingerprint density at radius 1 is 1.33 bits per heavy atom. The van der Waals surface area contributed by atoms with Crippen LogP contribution in [0, 0.1) is 0 Å². The number of Topliss-reactive ketones (excluding diaryl/α,β-unsaturated/α-hetero) is 1. The van der Waals surface area contributed by atoms with E-state index < -0.39 is 11.8 Å². The van der Waals surface area contributed by atoms with E-state index in [0.717, 1.165) is 19.3 Å². The summed E-state index contributed by atoms with van der Waals surface area (Å²) in [6.45, 7) is 1.76. The van der Waals surface area contributed by atoms with Crippen LogP contribution in [0.25, 0.3) is 0 Å². The molecule has 1 saturated carbocycles. The zero-order chi connectivity index (χ0) is 15.4. The number of rotatable bonds is 6. The Hall–Kier alpha value is -1.75. The topological polar surface area (TPSA) is 61.8 Å². The molecule has 0 radical (unpaired) electrons. The average molecular weight is 313 g/mol. The standard InChI is InChI=1S/C15H17ClO5/c1-3-20-15(18)13(17)11-7-9(16)8-12(19-2)14(11)21-10-5-4-6-10/h7-8,10H,3-6H2,1-2H3. The lowest BCUT2D eigenvalue weighted by Gasteiger charge is -2.28. The molecule has 1 aromatic rings. The average Bonchev–Trinajstić information content (AvgIpc) is 2.42. The van der Waals surface area contributed by atoms with Crippen molar-refractivity contribution in [3.8, 4) is 11.5 Å². The first-order valence-corrected chi connectivity index (χ1v) is 7.20. The molecule has 1 aliphatic rings. The Bertz CT molecular complexity index is 551. The van der Waals surface area contributed by atoms with Gasteiger partial charge in [0.15, 0.2) is 11.5 Å². The van der Waals surface area contributed by atoms with E-state index in [2.05, 4.69) is 0 Å². The summed E-state index contributed by atoms with van der Waals surface area (Å²) in [5.74, 6) is -1.13. The minimum Gasteiger partial charge on any atom is -0.493 e. The Morgan fingerprint density at radius 3 is 2.57 bits per heavy atom. The van der Waals surface area contributed by atoms with Gasteiger partial charge in [-0.05, 0) is 32.3 Å². The molecule has 2 rings (SSSR count). The second-order valence-corrected chi connectivity index (χ2v) is 5.14. The fourth-order valence-corrected chi connectivity index (χ4v) is 2.18. The number of esters is 1. The van der Waals surface area contributed by atoms with Crippen LogP contribution in [0.1, 0.15) is 36.5 Å². The number of hydrogen-bond acceptors (Lipinski definition) is 5. The van der Waals surface area contributed by atoms with Gasteiger partial charge in [-0.1, -0.05) is 11.6 Å². The van der Waals surface area contributed by atoms with E-state index in [1.165, 1.54) is 13.2 Å². The van der Waals surface area contributed by atoms with Crippen molar-refractivity contribution in [1.82, 2.24) is 0 Å². The first kappa shape index (κ1) is 15.6. The number of carbonyl (C=O) groups is 2. The van der Waals surface area contributed by atoms with Gasteiger partial charge < -0.3 is 14.2 Å². The maximum atomic E-state index is 12.2. The van der Waals surface area contributed by atoms with Crippen molar-refractivity contribution in [1.29, 1.82) is 0 Å². The number of methoxy groups -OCH3 is 1. The number of benzene rings is 1. The summed E-state index contributed by atoms with van der Waals surface area (Å²) in [6, 6.07) is 2.95. The molecular formula is C15H17ClO5. The third kappa shape index (κ3) is 3.47. The summed E-state index contributed by atoms with van der Waals surface area (Å²) in [7, 11) is 1.46. The number of hydrogen-bond donors (Lipinski definition) is 0. The van der Waals surface area contributed by atoms with Crippen molar-refractivity contribution in [2.45, 2.75) is 32.3 Å². The van der Waals surface area contributed by atoms with Crippen molar-refractivity contribution in [3.63, 3.8) is 0 Å². The molecule has 1 fully saturated rings. The zero-order valence-corrected chi connectivity index (χ0v) is 12.7. The molecule has 0 spiro atoms. The van der Waals surface area contributed by atoms with E-state index in [4.69, 9.17) is 25.8 Å². The molecule has 0 N–H and O–H groups in total. The lowest BCUT2D eigenvalue weighted by Crippen LogP contribution is -2.27. The lowest BCUT2D eigenvalue weighted by molar-refractivity contribution is -0.137. The molecule has 0 saturated heterocycles. The lowest BCUT2D eigenvalue weighted by atomic mass is 9.96. The molecule has 0 aliphatic heterocycles. The fourth-order valence-electron chi connectivity index (χ4n) is 1.97. The molecule has 0 unspecified atom stereocenters. The van der Waals surface area contributed by atoms with Crippen LogP contribution in [0.2, 0.25) is 5.02 Å². The molecule has 0 bridgehead atoms. The van der Waals surface area contributed by atoms with Crippen molar-refractivity contribution in [2.75, 3.05) is 13.7 Å². The number of carbonyl (C=O) groups excluding carboxylic acids is 2. The third-order valence-corrected chi connectivity index (χ3v) is 3.50. The second-order valence-electron chi connectivity index (χ2n) is 4.71. The Labute approximate surface area is 128 Å². The highest BCUT2D eigenvalue weighted by Crippen LogP contribution is 2.38. The first-order valence-electron chi connectivity index (χ1n) is 6.82. The van der Waals surface area contributed by atoms with Crippen molar-refractivity contribution in [3.05, 3.63) is 22.7 Å². The van der Waals surface area contributed by atoms with Gasteiger partial charge in [0.25, 0.3) is 5.78 Å². The molecule has 1 aromatic carbocycles. The van der Waals surface area contributed by atoms with Crippen LogP contribution in [-0.4, -0.2) is 31.6 Å². The molecule has 21 heavy (non-hydrogen) atoms. The SMILES string of the molecule is CCOC(=O)C(=O)c1cc(Cl)cc(OC)c1OC1CCC1. The number of ketones is 1. The van der Waals surface area contributed by atoms with E-state index in [-0.39, 0.29) is 24.0 Å². The fraction of sp³-hybridized carbons (Fsp3) is 0.467. The van der Waals surface area contributed by atoms with Gasteiger partial charge in [0.2, 0.25) is 0 Å². The minimum atomic E-state index is -0.930. The van der Waals surface area contributed by atoms with E-state index in [9.17, 15) is 9.59 Å². The van der Waals surface area contributed by atoms with Gasteiger partial charge in [-0.3, -0.25) is 4.79 Å². The molecule has 114 valence electrons. The molecule has 0 heterocycles. The van der Waals surface area contributed by atoms with Crippen LogP contribution in [0.4, 0.5) is 0 Å². The predicted molar refractivity (Wildman–Crippen MR) is 77.2 cm³/mol. The van der Waals surface area contributed by atoms with Crippen LogP contribution in [0.15, 0.2) is 12.1 Å².